The van der Waals surface area contributed by atoms with Crippen molar-refractivity contribution in [2.75, 3.05) is 6.61 Å². The summed E-state index contributed by atoms with van der Waals surface area (Å²) in [5.74, 6) is 1.33. The molecule has 0 bridgehead atoms. The zero-order chi connectivity index (χ0) is 14.7. The van der Waals surface area contributed by atoms with E-state index < -0.39 is 0 Å². The van der Waals surface area contributed by atoms with E-state index in [1.165, 1.54) is 5.39 Å². The zero-order valence-corrected chi connectivity index (χ0v) is 14.3. The number of ether oxygens (including phenoxy) is 1. The van der Waals surface area contributed by atoms with Crippen LogP contribution in [0.25, 0.3) is 10.8 Å². The molecule has 0 fully saturated rings. The number of halogens is 2. The number of benzene rings is 2. The summed E-state index contributed by atoms with van der Waals surface area (Å²) in [7, 11) is 0. The van der Waals surface area contributed by atoms with Crippen LogP contribution in [0.2, 0.25) is 0 Å². The lowest BCUT2D eigenvalue weighted by Crippen LogP contribution is -2.01. The second-order valence-electron chi connectivity index (χ2n) is 4.56. The number of rotatable bonds is 5. The highest BCUT2D eigenvalue weighted by molar-refractivity contribution is 9.10. The third kappa shape index (κ3) is 3.39. The number of nitrogens with zero attached hydrogens (tertiary/aromatic N) is 1. The highest BCUT2D eigenvalue weighted by atomic mass is 79.9. The molecule has 5 heteroatoms. The first kappa shape index (κ1) is 14.8. The van der Waals surface area contributed by atoms with Gasteiger partial charge in [0.15, 0.2) is 0 Å². The highest BCUT2D eigenvalue weighted by Gasteiger charge is 2.07. The lowest BCUT2D eigenvalue weighted by molar-refractivity contribution is 0.320. The Hall–Kier alpha value is -1.10. The van der Waals surface area contributed by atoms with Gasteiger partial charge in [-0.25, -0.2) is 4.98 Å². The third-order valence-corrected chi connectivity index (χ3v) is 5.19. The average molecular weight is 383 g/mol. The molecule has 0 N–H and O–H groups in total. The number of fused-ring (bicyclic) bond motifs is 1. The minimum atomic E-state index is 0.466. The maximum absolute atomic E-state index is 5.88. The van der Waals surface area contributed by atoms with Gasteiger partial charge < -0.3 is 4.74 Å². The van der Waals surface area contributed by atoms with Gasteiger partial charge in [-0.1, -0.05) is 30.3 Å². The van der Waals surface area contributed by atoms with E-state index in [1.54, 1.807) is 11.3 Å². The van der Waals surface area contributed by atoms with Crippen molar-refractivity contribution in [2.45, 2.75) is 12.3 Å². The van der Waals surface area contributed by atoms with Gasteiger partial charge in [0, 0.05) is 11.8 Å². The summed E-state index contributed by atoms with van der Waals surface area (Å²) in [6.07, 6.45) is 0.792. The van der Waals surface area contributed by atoms with Crippen LogP contribution < -0.4 is 4.74 Å². The van der Waals surface area contributed by atoms with Gasteiger partial charge in [0.25, 0.3) is 0 Å². The number of aromatic nitrogens is 1. The van der Waals surface area contributed by atoms with E-state index >= 15 is 0 Å². The van der Waals surface area contributed by atoms with Crippen LogP contribution in [-0.4, -0.2) is 11.6 Å². The van der Waals surface area contributed by atoms with E-state index in [9.17, 15) is 0 Å². The van der Waals surface area contributed by atoms with Crippen molar-refractivity contribution in [1.29, 1.82) is 0 Å². The molecule has 2 aromatic carbocycles. The Balaban J connectivity index is 1.69. The fourth-order valence-corrected chi connectivity index (χ4v) is 3.71. The van der Waals surface area contributed by atoms with Crippen molar-refractivity contribution in [3.8, 4) is 5.75 Å². The summed E-state index contributed by atoms with van der Waals surface area (Å²) >= 11 is 11.0. The van der Waals surface area contributed by atoms with Crippen molar-refractivity contribution in [1.82, 2.24) is 4.98 Å². The summed E-state index contributed by atoms with van der Waals surface area (Å²) in [4.78, 5) is 4.43. The molecule has 0 radical (unpaired) electrons. The number of thiazole rings is 1. The smallest absolute Gasteiger partial charge is 0.134 e. The number of alkyl halides is 1. The normalized spacial score (nSPS) is 11.0. The molecule has 0 spiro atoms. The first-order valence-corrected chi connectivity index (χ1v) is 8.78. The van der Waals surface area contributed by atoms with Crippen LogP contribution in [0, 0.1) is 0 Å². The average Bonchev–Trinajstić information content (AvgIpc) is 2.98. The second-order valence-corrected chi connectivity index (χ2v) is 6.57. The van der Waals surface area contributed by atoms with E-state index in [0.29, 0.717) is 12.5 Å². The van der Waals surface area contributed by atoms with Crippen molar-refractivity contribution < 1.29 is 4.74 Å². The standard InChI is InChI=1S/C16H13BrClNOS/c17-16-13-4-2-1-3-11(13)5-6-14(16)20-8-7-15-19-12(9-18)10-21-15/h1-6,10H,7-9H2. The minimum absolute atomic E-state index is 0.466. The molecule has 1 heterocycles. The highest BCUT2D eigenvalue weighted by Crippen LogP contribution is 2.33. The molecule has 0 aliphatic rings. The maximum atomic E-state index is 5.88. The molecule has 0 aliphatic carbocycles. The largest absolute Gasteiger partial charge is 0.492 e. The molecular formula is C16H13BrClNOS. The van der Waals surface area contributed by atoms with Crippen LogP contribution in [-0.2, 0) is 12.3 Å². The minimum Gasteiger partial charge on any atom is -0.492 e. The lowest BCUT2D eigenvalue weighted by atomic mass is 10.1. The molecule has 1 aromatic heterocycles. The van der Waals surface area contributed by atoms with Crippen molar-refractivity contribution in [3.63, 3.8) is 0 Å². The van der Waals surface area contributed by atoms with Crippen LogP contribution in [0.5, 0.6) is 5.75 Å². The molecule has 3 rings (SSSR count). The zero-order valence-electron chi connectivity index (χ0n) is 11.2. The fraction of sp³-hybridized carbons (Fsp3) is 0.188. The summed E-state index contributed by atoms with van der Waals surface area (Å²) in [5.41, 5.74) is 0.934. The predicted molar refractivity (Wildman–Crippen MR) is 92.5 cm³/mol. The summed E-state index contributed by atoms with van der Waals surface area (Å²) in [6.45, 7) is 0.603. The molecule has 21 heavy (non-hydrogen) atoms. The molecule has 0 unspecified atom stereocenters. The third-order valence-electron chi connectivity index (χ3n) is 3.14. The van der Waals surface area contributed by atoms with E-state index in [0.717, 1.165) is 32.7 Å². The fourth-order valence-electron chi connectivity index (χ4n) is 2.10. The Kier molecular flexibility index (Phi) is 4.78. The summed E-state index contributed by atoms with van der Waals surface area (Å²) < 4.78 is 6.88. The van der Waals surface area contributed by atoms with Gasteiger partial charge in [0.1, 0.15) is 5.75 Å². The predicted octanol–water partition coefficient (Wildman–Crippen LogP) is 5.42. The van der Waals surface area contributed by atoms with Crippen molar-refractivity contribution in [2.24, 2.45) is 0 Å². The van der Waals surface area contributed by atoms with Gasteiger partial charge in [-0.3, -0.25) is 0 Å². The van der Waals surface area contributed by atoms with Gasteiger partial charge >= 0.3 is 0 Å². The molecule has 0 amide bonds. The molecule has 3 aromatic rings. The van der Waals surface area contributed by atoms with Crippen molar-refractivity contribution in [3.05, 3.63) is 57.0 Å². The lowest BCUT2D eigenvalue weighted by Gasteiger charge is -2.09. The number of hydrogen-bond acceptors (Lipinski definition) is 3. The second kappa shape index (κ2) is 6.77. The molecule has 108 valence electrons. The Labute approximate surface area is 140 Å². The van der Waals surface area contributed by atoms with Gasteiger partial charge in [0.2, 0.25) is 0 Å². The van der Waals surface area contributed by atoms with Crippen LogP contribution in [0.1, 0.15) is 10.7 Å². The van der Waals surface area contributed by atoms with E-state index in [-0.39, 0.29) is 0 Å². The SMILES string of the molecule is ClCc1csc(CCOc2ccc3ccccc3c2Br)n1. The molecule has 0 aliphatic heterocycles. The molecule has 0 saturated carbocycles. The maximum Gasteiger partial charge on any atom is 0.134 e. The quantitative estimate of drug-likeness (QED) is 0.550. The Morgan fingerprint density at radius 2 is 2.05 bits per heavy atom. The van der Waals surface area contributed by atoms with Crippen molar-refractivity contribution >= 4 is 49.6 Å². The first-order valence-electron chi connectivity index (χ1n) is 6.57. The molecule has 0 saturated heterocycles. The molecular weight excluding hydrogens is 370 g/mol. The van der Waals surface area contributed by atoms with Crippen LogP contribution in [0.15, 0.2) is 46.3 Å². The summed E-state index contributed by atoms with van der Waals surface area (Å²) in [6, 6.07) is 12.3. The van der Waals surface area contributed by atoms with Crippen LogP contribution in [0.3, 0.4) is 0 Å². The van der Waals surface area contributed by atoms with Gasteiger partial charge in [-0.05, 0) is 32.8 Å². The van der Waals surface area contributed by atoms with E-state index in [1.807, 2.05) is 23.6 Å². The Morgan fingerprint density at radius 3 is 2.86 bits per heavy atom. The van der Waals surface area contributed by atoms with Crippen LogP contribution >= 0.6 is 38.9 Å². The van der Waals surface area contributed by atoms with Gasteiger partial charge in [-0.15, -0.1) is 22.9 Å². The van der Waals surface area contributed by atoms with Gasteiger partial charge in [0.05, 0.1) is 27.7 Å². The molecule has 0 atom stereocenters. The monoisotopic (exact) mass is 381 g/mol. The van der Waals surface area contributed by atoms with Crippen LogP contribution in [0.4, 0.5) is 0 Å². The first-order chi connectivity index (χ1) is 10.3. The molecule has 2 nitrogen and oxygen atoms in total. The van der Waals surface area contributed by atoms with Gasteiger partial charge in [-0.2, -0.15) is 0 Å². The Morgan fingerprint density at radius 1 is 1.19 bits per heavy atom. The van der Waals surface area contributed by atoms with E-state index in [4.69, 9.17) is 16.3 Å². The summed E-state index contributed by atoms with van der Waals surface area (Å²) in [5, 5.41) is 5.41. The Bertz CT molecular complexity index is 759. The number of hydrogen-bond donors (Lipinski definition) is 0. The topological polar surface area (TPSA) is 22.1 Å². The van der Waals surface area contributed by atoms with E-state index in [2.05, 4.69) is 39.1 Å².